The molecular formula is C21H15Cl2NO3S. The van der Waals surface area contributed by atoms with Crippen molar-refractivity contribution >= 4 is 51.9 Å². The van der Waals surface area contributed by atoms with E-state index in [1.54, 1.807) is 47.8 Å². The number of Topliss-reactive ketones (excluding diaryl/α,β-unsaturated/α-hetero) is 1. The van der Waals surface area contributed by atoms with Crippen LogP contribution in [0, 0.1) is 0 Å². The van der Waals surface area contributed by atoms with Gasteiger partial charge in [0.1, 0.15) is 0 Å². The number of benzene rings is 2. The molecule has 3 aromatic rings. The molecule has 0 saturated heterocycles. The largest absolute Gasteiger partial charge is 0.375 e. The maximum Gasteiger partial charge on any atom is 0.264 e. The number of fused-ring (bicyclic) bond motifs is 1. The van der Waals surface area contributed by atoms with Gasteiger partial charge < -0.3 is 10.0 Å². The summed E-state index contributed by atoms with van der Waals surface area (Å²) in [5.41, 5.74) is -0.368. The van der Waals surface area contributed by atoms with E-state index in [4.69, 9.17) is 23.2 Å². The summed E-state index contributed by atoms with van der Waals surface area (Å²) in [4.78, 5) is 27.9. The molecule has 0 spiro atoms. The summed E-state index contributed by atoms with van der Waals surface area (Å²) in [6.07, 6.45) is -0.349. The van der Waals surface area contributed by atoms with E-state index < -0.39 is 11.5 Å². The van der Waals surface area contributed by atoms with Crippen LogP contribution in [0.5, 0.6) is 0 Å². The fourth-order valence-corrected chi connectivity index (χ4v) is 4.44. The Hall–Kier alpha value is -2.18. The summed E-state index contributed by atoms with van der Waals surface area (Å²) in [5.74, 6) is -0.856. The second-order valence-corrected chi connectivity index (χ2v) is 8.37. The van der Waals surface area contributed by atoms with Crippen molar-refractivity contribution in [3.63, 3.8) is 0 Å². The summed E-state index contributed by atoms with van der Waals surface area (Å²) in [6, 6.07) is 15.5. The fourth-order valence-electron chi connectivity index (χ4n) is 3.40. The maximum atomic E-state index is 13.3. The summed E-state index contributed by atoms with van der Waals surface area (Å²) in [7, 11) is 0. The number of carbonyl (C=O) groups is 2. The van der Waals surface area contributed by atoms with Gasteiger partial charge in [0.25, 0.3) is 5.91 Å². The van der Waals surface area contributed by atoms with E-state index in [0.717, 1.165) is 5.56 Å². The third-order valence-electron chi connectivity index (χ3n) is 4.79. The molecule has 4 nitrogen and oxygen atoms in total. The summed E-state index contributed by atoms with van der Waals surface area (Å²) in [5, 5.41) is 14.0. The van der Waals surface area contributed by atoms with Crippen LogP contribution < -0.4 is 4.90 Å². The van der Waals surface area contributed by atoms with Gasteiger partial charge in [-0.1, -0.05) is 47.5 Å². The third-order valence-corrected chi connectivity index (χ3v) is 6.31. The van der Waals surface area contributed by atoms with Crippen LogP contribution >= 0.6 is 34.5 Å². The van der Waals surface area contributed by atoms with Gasteiger partial charge in [0.05, 0.1) is 23.5 Å². The minimum Gasteiger partial charge on any atom is -0.375 e. The topological polar surface area (TPSA) is 57.6 Å². The van der Waals surface area contributed by atoms with Crippen LogP contribution in [-0.2, 0) is 16.9 Å². The molecule has 0 aliphatic carbocycles. The monoisotopic (exact) mass is 431 g/mol. The molecule has 28 heavy (non-hydrogen) atoms. The fraction of sp³-hybridized carbons (Fsp3) is 0.143. The van der Waals surface area contributed by atoms with Gasteiger partial charge in [-0.05, 0) is 41.3 Å². The molecule has 1 aromatic heterocycles. The Labute approximate surface area is 175 Å². The molecule has 0 unspecified atom stereocenters. The molecule has 1 N–H and O–H groups in total. The molecule has 1 aliphatic heterocycles. The summed E-state index contributed by atoms with van der Waals surface area (Å²) < 4.78 is 0. The first-order chi connectivity index (χ1) is 13.4. The molecule has 0 fully saturated rings. The highest BCUT2D eigenvalue weighted by molar-refractivity contribution is 7.12. The van der Waals surface area contributed by atoms with Crippen molar-refractivity contribution in [3.8, 4) is 0 Å². The minimum absolute atomic E-state index is 0.183. The van der Waals surface area contributed by atoms with Gasteiger partial charge in [0.15, 0.2) is 11.4 Å². The lowest BCUT2D eigenvalue weighted by Crippen LogP contribution is -2.41. The van der Waals surface area contributed by atoms with Crippen molar-refractivity contribution in [2.75, 3.05) is 4.90 Å². The Bertz CT molecular complexity index is 1070. The smallest absolute Gasteiger partial charge is 0.264 e. The molecule has 2 aromatic carbocycles. The number of hydrogen-bond donors (Lipinski definition) is 1. The van der Waals surface area contributed by atoms with Gasteiger partial charge >= 0.3 is 0 Å². The SMILES string of the molecule is O=C(C[C@@]1(O)C(=O)N(Cc2ccccc2Cl)c2ccc(Cl)cc21)c1cccs1. The van der Waals surface area contributed by atoms with Crippen LogP contribution in [0.3, 0.4) is 0 Å². The van der Waals surface area contributed by atoms with Crippen LogP contribution in [-0.4, -0.2) is 16.8 Å². The molecule has 7 heteroatoms. The van der Waals surface area contributed by atoms with Gasteiger partial charge in [0.2, 0.25) is 0 Å². The number of nitrogens with zero attached hydrogens (tertiary/aromatic N) is 1. The Kier molecular flexibility index (Phi) is 5.02. The lowest BCUT2D eigenvalue weighted by atomic mass is 9.89. The van der Waals surface area contributed by atoms with E-state index in [0.29, 0.717) is 26.2 Å². The molecule has 0 radical (unpaired) electrons. The van der Waals surface area contributed by atoms with Crippen molar-refractivity contribution in [3.05, 3.63) is 86.0 Å². The average Bonchev–Trinajstić information content (AvgIpc) is 3.27. The van der Waals surface area contributed by atoms with E-state index in [1.807, 2.05) is 12.1 Å². The molecule has 1 atom stereocenters. The number of anilines is 1. The highest BCUT2D eigenvalue weighted by Gasteiger charge is 2.51. The predicted octanol–water partition coefficient (Wildman–Crippen LogP) is 5.06. The second-order valence-electron chi connectivity index (χ2n) is 6.58. The number of rotatable bonds is 5. The quantitative estimate of drug-likeness (QED) is 0.574. The number of thiophene rings is 1. The van der Waals surface area contributed by atoms with E-state index >= 15 is 0 Å². The van der Waals surface area contributed by atoms with Gasteiger partial charge in [0, 0.05) is 15.6 Å². The zero-order valence-corrected chi connectivity index (χ0v) is 16.9. The molecule has 1 amide bonds. The van der Waals surface area contributed by atoms with Crippen molar-refractivity contribution in [1.82, 2.24) is 0 Å². The van der Waals surface area contributed by atoms with Gasteiger partial charge in [-0.3, -0.25) is 9.59 Å². The summed E-state index contributed by atoms with van der Waals surface area (Å²) in [6.45, 7) is 0.183. The van der Waals surface area contributed by atoms with Crippen molar-refractivity contribution in [1.29, 1.82) is 0 Å². The first kappa shape index (κ1) is 19.2. The van der Waals surface area contributed by atoms with E-state index in [-0.39, 0.29) is 18.7 Å². The predicted molar refractivity (Wildman–Crippen MR) is 111 cm³/mol. The van der Waals surface area contributed by atoms with Crippen molar-refractivity contribution < 1.29 is 14.7 Å². The van der Waals surface area contributed by atoms with Crippen LogP contribution in [0.2, 0.25) is 10.0 Å². The Morgan fingerprint density at radius 2 is 1.89 bits per heavy atom. The molecule has 2 heterocycles. The number of halogens is 2. The van der Waals surface area contributed by atoms with E-state index in [2.05, 4.69) is 0 Å². The first-order valence-corrected chi connectivity index (χ1v) is 10.2. The second kappa shape index (κ2) is 7.33. The highest BCUT2D eigenvalue weighted by atomic mass is 35.5. The van der Waals surface area contributed by atoms with Crippen LogP contribution in [0.1, 0.15) is 27.2 Å². The van der Waals surface area contributed by atoms with Crippen molar-refractivity contribution in [2.24, 2.45) is 0 Å². The molecule has 142 valence electrons. The zero-order chi connectivity index (χ0) is 19.9. The molecule has 0 saturated carbocycles. The molecule has 4 rings (SSSR count). The van der Waals surface area contributed by atoms with Crippen LogP contribution in [0.25, 0.3) is 0 Å². The number of ketones is 1. The average molecular weight is 432 g/mol. The Morgan fingerprint density at radius 3 is 2.61 bits per heavy atom. The molecular weight excluding hydrogens is 417 g/mol. The number of aliphatic hydroxyl groups is 1. The minimum atomic E-state index is -1.97. The lowest BCUT2D eigenvalue weighted by Gasteiger charge is -2.23. The standard InChI is InChI=1S/C21H15Cl2NO3S/c22-14-7-8-17-15(10-14)21(27,11-18(25)19-6-3-9-28-19)20(26)24(17)12-13-4-1-2-5-16(13)23/h1-10,27H,11-12H2/t21-/m0/s1. The van der Waals surface area contributed by atoms with Crippen LogP contribution in [0.15, 0.2) is 60.0 Å². The van der Waals surface area contributed by atoms with Crippen molar-refractivity contribution in [2.45, 2.75) is 18.6 Å². The molecule has 1 aliphatic rings. The lowest BCUT2D eigenvalue weighted by molar-refractivity contribution is -0.136. The number of hydrogen-bond acceptors (Lipinski definition) is 4. The number of carbonyl (C=O) groups excluding carboxylic acids is 2. The van der Waals surface area contributed by atoms with E-state index in [1.165, 1.54) is 16.2 Å². The maximum absolute atomic E-state index is 13.3. The van der Waals surface area contributed by atoms with Gasteiger partial charge in [-0.15, -0.1) is 11.3 Å². The highest BCUT2D eigenvalue weighted by Crippen LogP contribution is 2.45. The first-order valence-electron chi connectivity index (χ1n) is 8.54. The summed E-state index contributed by atoms with van der Waals surface area (Å²) >= 11 is 13.6. The zero-order valence-electron chi connectivity index (χ0n) is 14.6. The Balaban J connectivity index is 1.74. The third kappa shape index (κ3) is 3.25. The Morgan fingerprint density at radius 1 is 1.11 bits per heavy atom. The van der Waals surface area contributed by atoms with Crippen LogP contribution in [0.4, 0.5) is 5.69 Å². The number of amides is 1. The van der Waals surface area contributed by atoms with E-state index in [9.17, 15) is 14.7 Å². The van der Waals surface area contributed by atoms with Gasteiger partial charge in [-0.25, -0.2) is 0 Å². The normalized spacial score (nSPS) is 18.4. The molecule has 0 bridgehead atoms. The van der Waals surface area contributed by atoms with Gasteiger partial charge in [-0.2, -0.15) is 0 Å².